The standard InChI is InChI=1S/C26H19N3O2/c30-25-23(20-8-2-1-3-9-20)24(26(31)29(25)17-18-13-15-27-16-14-18)28-22-12-6-10-19-7-4-5-11-21(19)22/h1-16,28H,17H2. The molecule has 0 saturated carbocycles. The van der Waals surface area contributed by atoms with Crippen molar-refractivity contribution in [2.45, 2.75) is 6.54 Å². The molecule has 5 heteroatoms. The van der Waals surface area contributed by atoms with Crippen LogP contribution < -0.4 is 5.32 Å². The molecule has 0 aliphatic carbocycles. The Hall–Kier alpha value is -4.25. The van der Waals surface area contributed by atoms with Crippen molar-refractivity contribution < 1.29 is 9.59 Å². The summed E-state index contributed by atoms with van der Waals surface area (Å²) in [6, 6.07) is 26.7. The Morgan fingerprint density at radius 1 is 0.742 bits per heavy atom. The van der Waals surface area contributed by atoms with Crippen LogP contribution in [0.4, 0.5) is 5.69 Å². The molecule has 1 aliphatic heterocycles. The van der Waals surface area contributed by atoms with Crippen LogP contribution in [0.25, 0.3) is 16.3 Å². The molecule has 31 heavy (non-hydrogen) atoms. The van der Waals surface area contributed by atoms with Gasteiger partial charge in [-0.15, -0.1) is 0 Å². The number of aromatic nitrogens is 1. The number of fused-ring (bicyclic) bond motifs is 1. The molecule has 5 rings (SSSR count). The minimum absolute atomic E-state index is 0.192. The van der Waals surface area contributed by atoms with Crippen molar-refractivity contribution in [2.24, 2.45) is 0 Å². The van der Waals surface area contributed by atoms with E-state index in [4.69, 9.17) is 0 Å². The minimum atomic E-state index is -0.339. The molecule has 0 unspecified atom stereocenters. The van der Waals surface area contributed by atoms with Crippen LogP contribution in [0.3, 0.4) is 0 Å². The van der Waals surface area contributed by atoms with Gasteiger partial charge in [-0.3, -0.25) is 19.5 Å². The average molecular weight is 405 g/mol. The number of nitrogens with zero attached hydrogens (tertiary/aromatic N) is 2. The maximum atomic E-state index is 13.4. The first-order valence-corrected chi connectivity index (χ1v) is 10.0. The SMILES string of the molecule is O=C1C(Nc2cccc3ccccc23)=C(c2ccccc2)C(=O)N1Cc1ccncc1. The molecule has 0 atom stereocenters. The number of carbonyl (C=O) groups is 2. The first-order chi connectivity index (χ1) is 15.2. The van der Waals surface area contributed by atoms with E-state index in [9.17, 15) is 9.59 Å². The van der Waals surface area contributed by atoms with Crippen LogP contribution >= 0.6 is 0 Å². The van der Waals surface area contributed by atoms with Crippen molar-refractivity contribution in [1.82, 2.24) is 9.88 Å². The molecular formula is C26H19N3O2. The number of pyridine rings is 1. The van der Waals surface area contributed by atoms with Gasteiger partial charge in [-0.05, 0) is 34.7 Å². The monoisotopic (exact) mass is 405 g/mol. The molecule has 0 fully saturated rings. The summed E-state index contributed by atoms with van der Waals surface area (Å²) in [5, 5.41) is 5.32. The topological polar surface area (TPSA) is 62.3 Å². The molecule has 1 aromatic heterocycles. The van der Waals surface area contributed by atoms with Gasteiger partial charge in [0, 0.05) is 23.5 Å². The summed E-state index contributed by atoms with van der Waals surface area (Å²) in [7, 11) is 0. The van der Waals surface area contributed by atoms with Gasteiger partial charge in [0.05, 0.1) is 12.1 Å². The van der Waals surface area contributed by atoms with Gasteiger partial charge in [0.1, 0.15) is 5.70 Å². The number of hydrogen-bond acceptors (Lipinski definition) is 4. The molecule has 4 aromatic rings. The molecular weight excluding hydrogens is 386 g/mol. The second kappa shape index (κ2) is 7.88. The fourth-order valence-electron chi connectivity index (χ4n) is 3.85. The lowest BCUT2D eigenvalue weighted by molar-refractivity contribution is -0.137. The van der Waals surface area contributed by atoms with Crippen molar-refractivity contribution in [3.8, 4) is 0 Å². The number of carbonyl (C=O) groups excluding carboxylic acids is 2. The maximum Gasteiger partial charge on any atom is 0.278 e. The van der Waals surface area contributed by atoms with Crippen molar-refractivity contribution in [3.05, 3.63) is 114 Å². The van der Waals surface area contributed by atoms with Crippen LogP contribution in [0, 0.1) is 0 Å². The summed E-state index contributed by atoms with van der Waals surface area (Å²) in [5.41, 5.74) is 3.01. The van der Waals surface area contributed by atoms with Crippen molar-refractivity contribution in [1.29, 1.82) is 0 Å². The Bertz CT molecular complexity index is 1310. The zero-order valence-corrected chi connectivity index (χ0v) is 16.7. The third-order valence-corrected chi connectivity index (χ3v) is 5.37. The van der Waals surface area contributed by atoms with Gasteiger partial charge in [-0.25, -0.2) is 0 Å². The Labute approximate surface area is 179 Å². The van der Waals surface area contributed by atoms with Crippen LogP contribution in [-0.4, -0.2) is 21.7 Å². The van der Waals surface area contributed by atoms with Gasteiger partial charge >= 0.3 is 0 Å². The van der Waals surface area contributed by atoms with Crippen LogP contribution in [-0.2, 0) is 16.1 Å². The normalized spacial score (nSPS) is 13.9. The predicted octanol–water partition coefficient (Wildman–Crippen LogP) is 4.63. The number of amides is 2. The van der Waals surface area contributed by atoms with Crippen LogP contribution in [0.15, 0.2) is 103 Å². The first kappa shape index (κ1) is 18.8. The Morgan fingerprint density at radius 2 is 1.45 bits per heavy atom. The maximum absolute atomic E-state index is 13.4. The lowest BCUT2D eigenvalue weighted by atomic mass is 10.0. The van der Waals surface area contributed by atoms with Gasteiger partial charge < -0.3 is 5.32 Å². The highest BCUT2D eigenvalue weighted by Crippen LogP contribution is 2.33. The second-order valence-corrected chi connectivity index (χ2v) is 7.32. The van der Waals surface area contributed by atoms with Crippen LogP contribution in [0.1, 0.15) is 11.1 Å². The minimum Gasteiger partial charge on any atom is -0.350 e. The molecule has 2 heterocycles. The number of anilines is 1. The number of hydrogen-bond donors (Lipinski definition) is 1. The largest absolute Gasteiger partial charge is 0.350 e. The smallest absolute Gasteiger partial charge is 0.278 e. The van der Waals surface area contributed by atoms with Gasteiger partial charge in [-0.2, -0.15) is 0 Å². The number of imide groups is 1. The summed E-state index contributed by atoms with van der Waals surface area (Å²) < 4.78 is 0. The highest BCUT2D eigenvalue weighted by Gasteiger charge is 2.39. The summed E-state index contributed by atoms with van der Waals surface area (Å²) in [6.45, 7) is 0.192. The van der Waals surface area contributed by atoms with Gasteiger partial charge in [0.2, 0.25) is 0 Å². The van der Waals surface area contributed by atoms with Gasteiger partial charge in [0.15, 0.2) is 0 Å². The lowest BCUT2D eigenvalue weighted by Crippen LogP contribution is -2.32. The van der Waals surface area contributed by atoms with Crippen LogP contribution in [0.5, 0.6) is 0 Å². The third kappa shape index (κ3) is 3.46. The Kier molecular flexibility index (Phi) is 4.77. The van der Waals surface area contributed by atoms with Crippen molar-refractivity contribution >= 4 is 33.8 Å². The van der Waals surface area contributed by atoms with Gasteiger partial charge in [-0.1, -0.05) is 66.7 Å². The molecule has 0 spiro atoms. The van der Waals surface area contributed by atoms with Crippen molar-refractivity contribution in [2.75, 3.05) is 5.32 Å². The van der Waals surface area contributed by atoms with E-state index in [1.165, 1.54) is 4.90 Å². The number of rotatable bonds is 5. The van der Waals surface area contributed by atoms with E-state index in [2.05, 4.69) is 10.3 Å². The van der Waals surface area contributed by atoms with E-state index in [1.54, 1.807) is 24.5 Å². The van der Waals surface area contributed by atoms with E-state index < -0.39 is 0 Å². The zero-order chi connectivity index (χ0) is 21.2. The summed E-state index contributed by atoms with van der Waals surface area (Å²) in [6.07, 6.45) is 3.31. The highest BCUT2D eigenvalue weighted by molar-refractivity contribution is 6.36. The highest BCUT2D eigenvalue weighted by atomic mass is 16.2. The fourth-order valence-corrected chi connectivity index (χ4v) is 3.85. The lowest BCUT2D eigenvalue weighted by Gasteiger charge is -2.15. The molecule has 150 valence electrons. The van der Waals surface area contributed by atoms with E-state index >= 15 is 0 Å². The van der Waals surface area contributed by atoms with E-state index in [0.717, 1.165) is 22.0 Å². The van der Waals surface area contributed by atoms with Crippen LogP contribution in [0.2, 0.25) is 0 Å². The van der Waals surface area contributed by atoms with E-state index in [0.29, 0.717) is 16.8 Å². The zero-order valence-electron chi connectivity index (χ0n) is 16.7. The predicted molar refractivity (Wildman–Crippen MR) is 121 cm³/mol. The summed E-state index contributed by atoms with van der Waals surface area (Å²) in [5.74, 6) is -0.649. The number of nitrogens with one attached hydrogen (secondary N) is 1. The quantitative estimate of drug-likeness (QED) is 0.492. The second-order valence-electron chi connectivity index (χ2n) is 7.32. The molecule has 1 N–H and O–H groups in total. The molecule has 0 bridgehead atoms. The molecule has 0 saturated heterocycles. The molecule has 0 radical (unpaired) electrons. The van der Waals surface area contributed by atoms with Gasteiger partial charge in [0.25, 0.3) is 11.8 Å². The Morgan fingerprint density at radius 3 is 2.26 bits per heavy atom. The number of benzene rings is 3. The van der Waals surface area contributed by atoms with E-state index in [-0.39, 0.29) is 18.4 Å². The Balaban J connectivity index is 1.59. The van der Waals surface area contributed by atoms with E-state index in [1.807, 2.05) is 72.8 Å². The first-order valence-electron chi connectivity index (χ1n) is 10.0. The molecule has 2 amide bonds. The fraction of sp³-hybridized carbons (Fsp3) is 0.0385. The average Bonchev–Trinajstić information content (AvgIpc) is 3.05. The molecule has 1 aliphatic rings. The molecule has 3 aromatic carbocycles. The third-order valence-electron chi connectivity index (χ3n) is 5.37. The summed E-state index contributed by atoms with van der Waals surface area (Å²) in [4.78, 5) is 32.1. The summed E-state index contributed by atoms with van der Waals surface area (Å²) >= 11 is 0. The van der Waals surface area contributed by atoms with Crippen molar-refractivity contribution in [3.63, 3.8) is 0 Å². The molecule has 5 nitrogen and oxygen atoms in total.